The zero-order valence-electron chi connectivity index (χ0n) is 18.7. The topological polar surface area (TPSA) is 118 Å². The van der Waals surface area contributed by atoms with Crippen molar-refractivity contribution in [2.45, 2.75) is 50.8 Å². The van der Waals surface area contributed by atoms with E-state index in [4.69, 9.17) is 14.7 Å². The van der Waals surface area contributed by atoms with E-state index in [1.165, 1.54) is 7.11 Å². The Kier molecular flexibility index (Phi) is 11.0. The molecule has 0 aliphatic rings. The average Bonchev–Trinajstić information content (AvgIpc) is 2.85. The summed E-state index contributed by atoms with van der Waals surface area (Å²) < 4.78 is 10.1. The lowest BCUT2D eigenvalue weighted by Crippen LogP contribution is -2.52. The quantitative estimate of drug-likeness (QED) is 0.378. The van der Waals surface area contributed by atoms with Gasteiger partial charge in [0.2, 0.25) is 5.91 Å². The Morgan fingerprint density at radius 3 is 2.15 bits per heavy atom. The molecule has 0 radical (unpaired) electrons. The monoisotopic (exact) mass is 451 g/mol. The van der Waals surface area contributed by atoms with Crippen LogP contribution in [0.1, 0.15) is 36.8 Å². The van der Waals surface area contributed by atoms with Crippen LogP contribution in [0, 0.1) is 11.3 Å². The number of nitriles is 1. The van der Waals surface area contributed by atoms with Crippen LogP contribution in [-0.4, -0.2) is 37.2 Å². The number of methoxy groups -OCH3 is 1. The number of amides is 2. The number of carbonyl (C=O) groups is 3. The van der Waals surface area contributed by atoms with Gasteiger partial charge in [-0.05, 0) is 30.4 Å². The van der Waals surface area contributed by atoms with Gasteiger partial charge in [0.1, 0.15) is 18.7 Å². The van der Waals surface area contributed by atoms with Gasteiger partial charge in [-0.2, -0.15) is 5.26 Å². The molecule has 0 fully saturated rings. The molecule has 2 N–H and O–H groups in total. The average molecular weight is 452 g/mol. The van der Waals surface area contributed by atoms with Gasteiger partial charge in [0.25, 0.3) is 0 Å². The van der Waals surface area contributed by atoms with Gasteiger partial charge in [0.05, 0.1) is 13.2 Å². The van der Waals surface area contributed by atoms with Crippen molar-refractivity contribution in [3.63, 3.8) is 0 Å². The highest BCUT2D eigenvalue weighted by molar-refractivity contribution is 5.89. The highest BCUT2D eigenvalue weighted by atomic mass is 16.5. The number of benzene rings is 2. The van der Waals surface area contributed by atoms with Gasteiger partial charge in [0, 0.05) is 12.8 Å². The van der Waals surface area contributed by atoms with Crippen LogP contribution in [0.15, 0.2) is 60.7 Å². The van der Waals surface area contributed by atoms with Crippen molar-refractivity contribution < 1.29 is 23.9 Å². The molecule has 0 aliphatic heterocycles. The van der Waals surface area contributed by atoms with E-state index < -0.39 is 30.1 Å². The maximum atomic E-state index is 13.0. The second-order valence-electron chi connectivity index (χ2n) is 7.44. The number of ether oxygens (including phenoxy) is 2. The number of alkyl carbamates (subject to hydrolysis) is 1. The minimum atomic E-state index is -0.957. The first-order valence-electron chi connectivity index (χ1n) is 10.8. The summed E-state index contributed by atoms with van der Waals surface area (Å²) in [4.78, 5) is 37.6. The summed E-state index contributed by atoms with van der Waals surface area (Å²) in [5, 5.41) is 14.0. The lowest BCUT2D eigenvalue weighted by atomic mass is 10.0. The molecule has 0 unspecified atom stereocenters. The van der Waals surface area contributed by atoms with Gasteiger partial charge < -0.3 is 20.1 Å². The van der Waals surface area contributed by atoms with Gasteiger partial charge in [0.15, 0.2) is 0 Å². The second kappa shape index (κ2) is 14.2. The van der Waals surface area contributed by atoms with E-state index in [1.807, 2.05) is 60.7 Å². The molecular formula is C25H29N3O5. The molecule has 2 rings (SSSR count). The van der Waals surface area contributed by atoms with Gasteiger partial charge >= 0.3 is 12.1 Å². The van der Waals surface area contributed by atoms with Crippen molar-refractivity contribution in [2.24, 2.45) is 0 Å². The summed E-state index contributed by atoms with van der Waals surface area (Å²) in [5.41, 5.74) is 1.66. The van der Waals surface area contributed by atoms with E-state index in [-0.39, 0.29) is 13.0 Å². The van der Waals surface area contributed by atoms with Crippen LogP contribution in [0.25, 0.3) is 0 Å². The first-order chi connectivity index (χ1) is 16.0. The summed E-state index contributed by atoms with van der Waals surface area (Å²) >= 11 is 0. The molecule has 0 aromatic heterocycles. The molecule has 2 amide bonds. The number of nitrogens with zero attached hydrogens (tertiary/aromatic N) is 1. The summed E-state index contributed by atoms with van der Waals surface area (Å²) in [6, 6.07) is 18.6. The van der Waals surface area contributed by atoms with Crippen LogP contribution in [0.5, 0.6) is 0 Å². The molecule has 33 heavy (non-hydrogen) atoms. The van der Waals surface area contributed by atoms with E-state index in [9.17, 15) is 14.4 Å². The number of hydrogen-bond acceptors (Lipinski definition) is 6. The predicted molar refractivity (Wildman–Crippen MR) is 122 cm³/mol. The summed E-state index contributed by atoms with van der Waals surface area (Å²) in [5.74, 6) is -1.10. The predicted octanol–water partition coefficient (Wildman–Crippen LogP) is 3.27. The van der Waals surface area contributed by atoms with E-state index in [0.29, 0.717) is 25.7 Å². The fraction of sp³-hybridized carbons (Fsp3) is 0.360. The lowest BCUT2D eigenvalue weighted by molar-refractivity contribution is -0.145. The first-order valence-corrected chi connectivity index (χ1v) is 10.8. The van der Waals surface area contributed by atoms with Crippen molar-refractivity contribution in [1.29, 1.82) is 5.26 Å². The third-order valence-corrected chi connectivity index (χ3v) is 4.94. The van der Waals surface area contributed by atoms with Crippen LogP contribution in [0.4, 0.5) is 4.79 Å². The van der Waals surface area contributed by atoms with Gasteiger partial charge in [-0.1, -0.05) is 60.7 Å². The zero-order chi connectivity index (χ0) is 23.9. The smallest absolute Gasteiger partial charge is 0.408 e. The summed E-state index contributed by atoms with van der Waals surface area (Å²) in [6.45, 7) is 0.0655. The van der Waals surface area contributed by atoms with E-state index in [2.05, 4.69) is 16.7 Å². The van der Waals surface area contributed by atoms with Gasteiger partial charge in [-0.25, -0.2) is 9.59 Å². The number of rotatable bonds is 12. The van der Waals surface area contributed by atoms with Crippen LogP contribution < -0.4 is 10.6 Å². The molecule has 0 aliphatic carbocycles. The Morgan fingerprint density at radius 1 is 0.909 bits per heavy atom. The van der Waals surface area contributed by atoms with Crippen molar-refractivity contribution >= 4 is 18.0 Å². The number of esters is 1. The fourth-order valence-corrected chi connectivity index (χ4v) is 3.18. The van der Waals surface area contributed by atoms with Gasteiger partial charge in [-0.15, -0.1) is 0 Å². The number of unbranched alkanes of at least 4 members (excludes halogenated alkanes) is 2. The largest absolute Gasteiger partial charge is 0.467 e. The molecule has 0 saturated carbocycles. The minimum Gasteiger partial charge on any atom is -0.467 e. The Labute approximate surface area is 193 Å². The van der Waals surface area contributed by atoms with Crippen LogP contribution in [0.2, 0.25) is 0 Å². The molecule has 0 saturated heterocycles. The number of carbonyl (C=O) groups excluding carboxylic acids is 3. The summed E-state index contributed by atoms with van der Waals surface area (Å²) in [6.07, 6.45) is 1.36. The van der Waals surface area contributed by atoms with E-state index in [0.717, 1.165) is 11.1 Å². The molecule has 0 bridgehead atoms. The Hall–Kier alpha value is -3.86. The molecule has 0 spiro atoms. The fourth-order valence-electron chi connectivity index (χ4n) is 3.18. The third-order valence-electron chi connectivity index (χ3n) is 4.94. The highest BCUT2D eigenvalue weighted by Gasteiger charge is 2.27. The standard InChI is InChI=1S/C25H29N3O5/c1-32-24(30)21(15-9-4-10-16-26)27-23(29)22(17-19-11-5-2-6-12-19)28-25(31)33-18-20-13-7-3-8-14-20/h2-3,5-8,11-14,21-22H,4,9-10,15,17-18H2,1H3,(H,27,29)(H,28,31)/t21-,22+/m1/s1. The lowest BCUT2D eigenvalue weighted by Gasteiger charge is -2.22. The van der Waals surface area contributed by atoms with Crippen molar-refractivity contribution in [2.75, 3.05) is 7.11 Å². The molecular weight excluding hydrogens is 422 g/mol. The minimum absolute atomic E-state index is 0.0655. The SMILES string of the molecule is COC(=O)[C@@H](CCCCC#N)NC(=O)[C@H](Cc1ccccc1)NC(=O)OCc1ccccc1. The Balaban J connectivity index is 2.05. The molecule has 174 valence electrons. The highest BCUT2D eigenvalue weighted by Crippen LogP contribution is 2.09. The van der Waals surface area contributed by atoms with E-state index >= 15 is 0 Å². The first kappa shape index (κ1) is 25.4. The van der Waals surface area contributed by atoms with Crippen molar-refractivity contribution in [3.8, 4) is 6.07 Å². The summed E-state index contributed by atoms with van der Waals surface area (Å²) in [7, 11) is 1.25. The normalized spacial score (nSPS) is 12.0. The molecule has 8 heteroatoms. The molecule has 0 heterocycles. The van der Waals surface area contributed by atoms with Crippen LogP contribution in [0.3, 0.4) is 0 Å². The molecule has 2 aromatic carbocycles. The van der Waals surface area contributed by atoms with Crippen molar-refractivity contribution in [1.82, 2.24) is 10.6 Å². The second-order valence-corrected chi connectivity index (χ2v) is 7.44. The maximum absolute atomic E-state index is 13.0. The molecule has 2 atom stereocenters. The van der Waals surface area contributed by atoms with Crippen molar-refractivity contribution in [3.05, 3.63) is 71.8 Å². The zero-order valence-corrected chi connectivity index (χ0v) is 18.7. The number of hydrogen-bond donors (Lipinski definition) is 2. The maximum Gasteiger partial charge on any atom is 0.408 e. The van der Waals surface area contributed by atoms with Gasteiger partial charge in [-0.3, -0.25) is 4.79 Å². The number of nitrogens with one attached hydrogen (secondary N) is 2. The molecule has 8 nitrogen and oxygen atoms in total. The molecule has 2 aromatic rings. The van der Waals surface area contributed by atoms with E-state index in [1.54, 1.807) is 0 Å². The van der Waals surface area contributed by atoms with Crippen LogP contribution in [-0.2, 0) is 32.1 Å². The Bertz CT molecular complexity index is 928. The third kappa shape index (κ3) is 9.44. The van der Waals surface area contributed by atoms with Crippen LogP contribution >= 0.6 is 0 Å². The Morgan fingerprint density at radius 2 is 1.55 bits per heavy atom.